The lowest BCUT2D eigenvalue weighted by molar-refractivity contribution is -0.148. The van der Waals surface area contributed by atoms with Gasteiger partial charge in [-0.25, -0.2) is 9.97 Å². The SMILES string of the molecule is O=C(CCCCCCCCCC(=O)OCn1c(=O)ccc2ccc(OCCCCN3CCN(c4cccc5sccc45)CC3)cc21)Nc1cnc(C(=O)NCCCCCCCCCC(=O)OCn2c(=O)ccc3ccc(OCCCCN4CCN(c5cccc6sccc56)CC4)cc32)cn1. The number of nitrogens with zero attached hydrogens (tertiary/aromatic N) is 8. The molecule has 0 aliphatic carbocycles. The summed E-state index contributed by atoms with van der Waals surface area (Å²) in [7, 11) is 0. The molecule has 20 nitrogen and oxygen atoms in total. The highest BCUT2D eigenvalue weighted by Gasteiger charge is 2.22. The smallest absolute Gasteiger partial charge is 0.307 e. The van der Waals surface area contributed by atoms with Crippen molar-refractivity contribution < 1.29 is 38.1 Å². The Morgan fingerprint density at radius 2 is 0.920 bits per heavy atom. The van der Waals surface area contributed by atoms with Gasteiger partial charge in [-0.1, -0.05) is 76.3 Å². The van der Waals surface area contributed by atoms with E-state index in [1.807, 2.05) is 36.4 Å². The Labute approximate surface area is 593 Å². The molecule has 530 valence electrons. The first kappa shape index (κ1) is 72.5. The Morgan fingerprint density at radius 1 is 0.460 bits per heavy atom. The molecule has 2 N–H and O–H groups in total. The maximum atomic E-state index is 13.0. The molecule has 0 saturated carbocycles. The average molecular weight is 1400 g/mol. The molecule has 22 heteroatoms. The van der Waals surface area contributed by atoms with Crippen LogP contribution in [0.2, 0.25) is 0 Å². The van der Waals surface area contributed by atoms with Crippen molar-refractivity contribution >= 4 is 106 Å². The molecule has 4 aromatic carbocycles. The first-order valence-electron chi connectivity index (χ1n) is 36.2. The number of pyridine rings is 2. The van der Waals surface area contributed by atoms with Gasteiger partial charge in [-0.3, -0.25) is 47.7 Å². The number of fused-ring (bicyclic) bond motifs is 4. The van der Waals surface area contributed by atoms with Crippen molar-refractivity contribution in [1.82, 2.24) is 34.2 Å². The van der Waals surface area contributed by atoms with E-state index in [1.165, 1.54) is 65.2 Å². The van der Waals surface area contributed by atoms with Crippen molar-refractivity contribution in [2.75, 3.05) is 100 Å². The predicted molar refractivity (Wildman–Crippen MR) is 400 cm³/mol. The number of hydrogen-bond donors (Lipinski definition) is 2. The van der Waals surface area contributed by atoms with E-state index in [4.69, 9.17) is 18.9 Å². The highest BCUT2D eigenvalue weighted by atomic mass is 32.1. The largest absolute Gasteiger partial charge is 0.494 e. The van der Waals surface area contributed by atoms with Crippen molar-refractivity contribution in [2.45, 2.75) is 148 Å². The molecule has 2 aliphatic rings. The molecule has 11 rings (SSSR count). The minimum Gasteiger partial charge on any atom is -0.494 e. The summed E-state index contributed by atoms with van der Waals surface area (Å²) in [5.41, 5.74) is 3.69. The molecule has 0 spiro atoms. The number of anilines is 3. The van der Waals surface area contributed by atoms with E-state index >= 15 is 0 Å². The van der Waals surface area contributed by atoms with Crippen LogP contribution in [0.1, 0.15) is 145 Å². The second kappa shape index (κ2) is 38.2. The molecular weight excluding hydrogens is 1300 g/mol. The second-order valence-corrected chi connectivity index (χ2v) is 28.1. The van der Waals surface area contributed by atoms with Crippen LogP contribution >= 0.6 is 22.7 Å². The zero-order valence-corrected chi connectivity index (χ0v) is 59.3. The summed E-state index contributed by atoms with van der Waals surface area (Å²) in [5.74, 6) is 0.496. The summed E-state index contributed by atoms with van der Waals surface area (Å²) >= 11 is 3.59. The lowest BCUT2D eigenvalue weighted by Crippen LogP contribution is -2.46. The van der Waals surface area contributed by atoms with E-state index in [9.17, 15) is 28.8 Å². The number of esters is 2. The second-order valence-electron chi connectivity index (χ2n) is 26.2. The van der Waals surface area contributed by atoms with Gasteiger partial charge in [0.1, 0.15) is 17.2 Å². The average Bonchev–Trinajstić information content (AvgIpc) is 1.72. The molecule has 5 aromatic heterocycles. The first-order valence-corrected chi connectivity index (χ1v) is 38.0. The Bertz CT molecular complexity index is 4230. The minimum atomic E-state index is -0.340. The van der Waals surface area contributed by atoms with E-state index in [1.54, 1.807) is 34.8 Å². The van der Waals surface area contributed by atoms with Gasteiger partial charge in [0.2, 0.25) is 5.91 Å². The van der Waals surface area contributed by atoms with Crippen LogP contribution < -0.4 is 41.0 Å². The molecule has 100 heavy (non-hydrogen) atoms. The third-order valence-corrected chi connectivity index (χ3v) is 20.8. The topological polar surface area (TPSA) is 212 Å². The fraction of sp³-hybridized carbons (Fsp3) is 0.462. The van der Waals surface area contributed by atoms with Crippen LogP contribution in [0.3, 0.4) is 0 Å². The van der Waals surface area contributed by atoms with Crippen LogP contribution in [-0.2, 0) is 37.3 Å². The van der Waals surface area contributed by atoms with E-state index in [0.717, 1.165) is 179 Å². The van der Waals surface area contributed by atoms with Crippen LogP contribution in [-0.4, -0.2) is 138 Å². The monoisotopic (exact) mass is 1400 g/mol. The van der Waals surface area contributed by atoms with Crippen molar-refractivity contribution in [3.8, 4) is 11.5 Å². The lowest BCUT2D eigenvalue weighted by atomic mass is 10.1. The number of unbranched alkanes of at least 4 members (excludes halogenated alkanes) is 14. The number of amides is 2. The van der Waals surface area contributed by atoms with Gasteiger partial charge in [-0.15, -0.1) is 22.7 Å². The number of hydrogen-bond acceptors (Lipinski definition) is 18. The number of carbonyl (C=O) groups excluding carboxylic acids is 4. The standard InChI is InChI=1S/C78H96N10O10S2/c89-73(25-11-7-3-1-4-8-12-26-76(92)97-57-87-68-53-61(32-28-59(68)30-34-74(87)90)95-49-17-15-39-83-41-45-85(46-42-83)66-21-19-23-70-63(66)36-51-99-70)82-72-56-80-65(55-81-72)78(94)79-38-14-10-6-2-5-9-13-27-77(93)98-58-88-69-54-62(33-29-60(69)31-35-75(88)91)96-50-18-16-40-84-43-47-86(48-44-84)67-22-20-24-71-64(67)37-52-100-71/h19-24,28-37,51-56H,1-18,25-27,38-50,57-58H2,(H,79,94)(H,81,82,89). The summed E-state index contributed by atoms with van der Waals surface area (Å²) < 4.78 is 29.1. The number of ether oxygens (including phenoxy) is 4. The molecule has 2 aliphatic heterocycles. The Kier molecular flexibility index (Phi) is 27.7. The molecule has 2 amide bonds. The minimum absolute atomic E-state index is 0.157. The van der Waals surface area contributed by atoms with Gasteiger partial charge in [-0.05, 0) is 159 Å². The maximum absolute atomic E-state index is 13.0. The summed E-state index contributed by atoms with van der Waals surface area (Å²) in [5, 5.41) is 14.4. The van der Waals surface area contributed by atoms with Gasteiger partial charge >= 0.3 is 11.9 Å². The molecule has 0 bridgehead atoms. The van der Waals surface area contributed by atoms with E-state index in [2.05, 4.69) is 99.5 Å². The molecule has 2 fully saturated rings. The van der Waals surface area contributed by atoms with Crippen molar-refractivity contribution in [3.63, 3.8) is 0 Å². The van der Waals surface area contributed by atoms with Crippen LogP contribution in [0, 0.1) is 0 Å². The van der Waals surface area contributed by atoms with Crippen LogP contribution in [0.25, 0.3) is 42.0 Å². The molecule has 0 radical (unpaired) electrons. The summed E-state index contributed by atoms with van der Waals surface area (Å²) in [4.78, 5) is 95.4. The Balaban J connectivity index is 0.465. The Hall–Kier alpha value is -8.70. The van der Waals surface area contributed by atoms with Gasteiger partial charge < -0.3 is 39.4 Å². The molecule has 0 unspecified atom stereocenters. The highest BCUT2D eigenvalue weighted by molar-refractivity contribution is 7.17. The van der Waals surface area contributed by atoms with Gasteiger partial charge in [0.05, 0.1) is 36.6 Å². The van der Waals surface area contributed by atoms with Crippen LogP contribution in [0.5, 0.6) is 11.5 Å². The molecule has 7 heterocycles. The summed E-state index contributed by atoms with van der Waals surface area (Å²) in [6, 6.07) is 35.6. The first-order chi connectivity index (χ1) is 49.1. The van der Waals surface area contributed by atoms with Crippen molar-refractivity contribution in [2.24, 2.45) is 0 Å². The summed E-state index contributed by atoms with van der Waals surface area (Å²) in [6.45, 7) is 11.7. The van der Waals surface area contributed by atoms with Crippen molar-refractivity contribution in [1.29, 1.82) is 0 Å². The fourth-order valence-electron chi connectivity index (χ4n) is 13.3. The predicted octanol–water partition coefficient (Wildman–Crippen LogP) is 14.2. The van der Waals surface area contributed by atoms with E-state index < -0.39 is 0 Å². The lowest BCUT2D eigenvalue weighted by Gasteiger charge is -2.36. The number of rotatable bonds is 40. The molecular formula is C78H96N10O10S2. The van der Waals surface area contributed by atoms with Crippen LogP contribution in [0.4, 0.5) is 17.2 Å². The molecule has 0 atom stereocenters. The van der Waals surface area contributed by atoms with Gasteiger partial charge in [0, 0.05) is 134 Å². The third-order valence-electron chi connectivity index (χ3n) is 19.1. The van der Waals surface area contributed by atoms with Gasteiger partial charge in [-0.2, -0.15) is 0 Å². The van der Waals surface area contributed by atoms with Crippen LogP contribution in [0.15, 0.2) is 142 Å². The van der Waals surface area contributed by atoms with E-state index in [0.29, 0.717) is 67.4 Å². The number of benzene rings is 4. The number of aromatic nitrogens is 4. The number of carbonyl (C=O) groups is 4. The fourth-order valence-corrected chi connectivity index (χ4v) is 14.9. The van der Waals surface area contributed by atoms with Crippen molar-refractivity contribution in [3.05, 3.63) is 159 Å². The normalized spacial score (nSPS) is 13.7. The van der Waals surface area contributed by atoms with E-state index in [-0.39, 0.29) is 66.9 Å². The molecule has 9 aromatic rings. The van der Waals surface area contributed by atoms with Gasteiger partial charge in [0.15, 0.2) is 19.3 Å². The summed E-state index contributed by atoms with van der Waals surface area (Å²) in [6.07, 6.45) is 20.0. The van der Waals surface area contributed by atoms with Gasteiger partial charge in [0.25, 0.3) is 17.0 Å². The molecule has 2 saturated heterocycles. The highest BCUT2D eigenvalue weighted by Crippen LogP contribution is 2.33. The number of thiophene rings is 2. The Morgan fingerprint density at radius 3 is 1.40 bits per heavy atom. The third kappa shape index (κ3) is 21.4. The zero-order chi connectivity index (χ0) is 69.1. The quantitative estimate of drug-likeness (QED) is 0.0270. The zero-order valence-electron chi connectivity index (χ0n) is 57.6. The number of nitrogens with one attached hydrogen (secondary N) is 2. The number of piperazine rings is 2. The maximum Gasteiger partial charge on any atom is 0.307 e.